The van der Waals surface area contributed by atoms with Crippen molar-refractivity contribution in [1.82, 2.24) is 25.0 Å². The molecule has 7 nitrogen and oxygen atoms in total. The minimum Gasteiger partial charge on any atom is -0.351 e. The van der Waals surface area contributed by atoms with Crippen molar-refractivity contribution < 1.29 is 4.79 Å². The molecule has 1 unspecified atom stereocenters. The molecule has 2 aliphatic rings. The highest BCUT2D eigenvalue weighted by Crippen LogP contribution is 2.19. The van der Waals surface area contributed by atoms with Gasteiger partial charge in [0.1, 0.15) is 5.69 Å². The number of hydrogen-bond donors (Lipinski definition) is 2. The lowest BCUT2D eigenvalue weighted by Gasteiger charge is -2.35. The number of aryl methyl sites for hydroxylation is 2. The smallest absolute Gasteiger partial charge is 0.267 e. The highest BCUT2D eigenvalue weighted by Gasteiger charge is 2.23. The SMILES string of the molecule is O=C(NCC1CCCCN1CCn1nc2c(cc1=O)CCCC2)c1cc2ccccc2[nH]1. The first-order valence-corrected chi connectivity index (χ1v) is 11.9. The van der Waals surface area contributed by atoms with Crippen LogP contribution in [-0.2, 0) is 19.4 Å². The van der Waals surface area contributed by atoms with Crippen molar-refractivity contribution in [2.24, 2.45) is 0 Å². The number of nitrogens with zero attached hydrogens (tertiary/aromatic N) is 3. The van der Waals surface area contributed by atoms with Crippen molar-refractivity contribution in [2.45, 2.75) is 57.5 Å². The van der Waals surface area contributed by atoms with Crippen LogP contribution in [0, 0.1) is 0 Å². The molecule has 2 aromatic heterocycles. The van der Waals surface area contributed by atoms with Gasteiger partial charge >= 0.3 is 0 Å². The zero-order valence-electron chi connectivity index (χ0n) is 18.5. The lowest BCUT2D eigenvalue weighted by atomic mass is 9.97. The van der Waals surface area contributed by atoms with Crippen molar-refractivity contribution in [3.05, 3.63) is 63.7 Å². The van der Waals surface area contributed by atoms with E-state index < -0.39 is 0 Å². The third-order valence-corrected chi connectivity index (χ3v) is 6.89. The van der Waals surface area contributed by atoms with E-state index in [0.717, 1.165) is 73.8 Å². The maximum atomic E-state index is 12.7. The van der Waals surface area contributed by atoms with Gasteiger partial charge in [-0.3, -0.25) is 14.5 Å². The molecule has 0 spiro atoms. The van der Waals surface area contributed by atoms with Gasteiger partial charge < -0.3 is 10.3 Å². The summed E-state index contributed by atoms with van der Waals surface area (Å²) >= 11 is 0. The Bertz CT molecular complexity index is 1130. The number of piperidine rings is 1. The van der Waals surface area contributed by atoms with Crippen LogP contribution in [-0.4, -0.2) is 51.2 Å². The number of fused-ring (bicyclic) bond motifs is 2. The fraction of sp³-hybridized carbons (Fsp3) is 0.480. The summed E-state index contributed by atoms with van der Waals surface area (Å²) in [6, 6.07) is 11.9. The minimum absolute atomic E-state index is 0.00585. The third-order valence-electron chi connectivity index (χ3n) is 6.89. The number of benzene rings is 1. The molecule has 1 aliphatic heterocycles. The zero-order valence-corrected chi connectivity index (χ0v) is 18.5. The second-order valence-corrected chi connectivity index (χ2v) is 9.05. The normalized spacial score (nSPS) is 19.1. The quantitative estimate of drug-likeness (QED) is 0.626. The Morgan fingerprint density at radius 2 is 1.97 bits per heavy atom. The number of carbonyl (C=O) groups excluding carboxylic acids is 1. The second-order valence-electron chi connectivity index (χ2n) is 9.05. The molecule has 3 aromatic rings. The number of rotatable bonds is 6. The van der Waals surface area contributed by atoms with Gasteiger partial charge in [-0.05, 0) is 62.8 Å². The summed E-state index contributed by atoms with van der Waals surface area (Å²) in [6.45, 7) is 2.98. The summed E-state index contributed by atoms with van der Waals surface area (Å²) in [5.41, 5.74) is 3.80. The lowest BCUT2D eigenvalue weighted by Crippen LogP contribution is -2.48. The molecular formula is C25H31N5O2. The van der Waals surface area contributed by atoms with Crippen molar-refractivity contribution in [1.29, 1.82) is 0 Å². The molecule has 5 rings (SSSR count). The van der Waals surface area contributed by atoms with Gasteiger partial charge in [0, 0.05) is 36.1 Å². The third kappa shape index (κ3) is 4.48. The standard InChI is InChI=1S/C25H31N5O2/c31-24-16-19-8-2-4-11-22(19)28-30(24)14-13-29-12-6-5-9-20(29)17-26-25(32)23-15-18-7-1-3-10-21(18)27-23/h1,3,7,10,15-16,20,27H,2,4-6,8-9,11-14,17H2,(H,26,32). The number of likely N-dealkylation sites (tertiary alicyclic amines) is 1. The summed E-state index contributed by atoms with van der Waals surface area (Å²) in [7, 11) is 0. The first-order chi connectivity index (χ1) is 15.7. The summed E-state index contributed by atoms with van der Waals surface area (Å²) in [4.78, 5) is 30.8. The first-order valence-electron chi connectivity index (χ1n) is 11.9. The molecule has 1 saturated heterocycles. The van der Waals surface area contributed by atoms with Crippen LogP contribution in [0.5, 0.6) is 0 Å². The Morgan fingerprint density at radius 1 is 1.09 bits per heavy atom. The summed E-state index contributed by atoms with van der Waals surface area (Å²) in [5.74, 6) is -0.0701. The molecule has 1 aromatic carbocycles. The molecule has 1 amide bonds. The first kappa shape index (κ1) is 20.9. The van der Waals surface area contributed by atoms with Gasteiger partial charge in [0.05, 0.1) is 12.2 Å². The van der Waals surface area contributed by atoms with E-state index in [1.165, 1.54) is 6.42 Å². The molecule has 7 heteroatoms. The molecule has 1 atom stereocenters. The Labute approximate surface area is 187 Å². The van der Waals surface area contributed by atoms with Crippen LogP contribution in [0.2, 0.25) is 0 Å². The average Bonchev–Trinajstić information content (AvgIpc) is 3.26. The summed E-state index contributed by atoms with van der Waals surface area (Å²) in [5, 5.41) is 8.82. The van der Waals surface area contributed by atoms with Gasteiger partial charge in [-0.25, -0.2) is 4.68 Å². The molecule has 3 heterocycles. The highest BCUT2D eigenvalue weighted by atomic mass is 16.2. The van der Waals surface area contributed by atoms with E-state index in [9.17, 15) is 9.59 Å². The Hall–Kier alpha value is -2.93. The van der Waals surface area contributed by atoms with Gasteiger partial charge in [0.25, 0.3) is 11.5 Å². The number of amides is 1. The van der Waals surface area contributed by atoms with E-state index in [1.54, 1.807) is 10.7 Å². The van der Waals surface area contributed by atoms with Crippen LogP contribution in [0.15, 0.2) is 41.2 Å². The summed E-state index contributed by atoms with van der Waals surface area (Å²) < 4.78 is 1.64. The van der Waals surface area contributed by atoms with Gasteiger partial charge in [-0.2, -0.15) is 5.10 Å². The number of H-pyrrole nitrogens is 1. The van der Waals surface area contributed by atoms with Gasteiger partial charge in [-0.1, -0.05) is 24.6 Å². The lowest BCUT2D eigenvalue weighted by molar-refractivity contribution is 0.0905. The van der Waals surface area contributed by atoms with E-state index >= 15 is 0 Å². The van der Waals surface area contributed by atoms with E-state index in [4.69, 9.17) is 0 Å². The number of hydrogen-bond acceptors (Lipinski definition) is 4. The zero-order chi connectivity index (χ0) is 21.9. The predicted molar refractivity (Wildman–Crippen MR) is 125 cm³/mol. The maximum Gasteiger partial charge on any atom is 0.267 e. The van der Waals surface area contributed by atoms with Crippen LogP contribution < -0.4 is 10.9 Å². The Morgan fingerprint density at radius 3 is 2.88 bits per heavy atom. The Balaban J connectivity index is 1.20. The number of nitrogens with one attached hydrogen (secondary N) is 2. The second kappa shape index (κ2) is 9.28. The molecule has 0 radical (unpaired) electrons. The van der Waals surface area contributed by atoms with Gasteiger partial charge in [-0.15, -0.1) is 0 Å². The molecule has 1 fully saturated rings. The van der Waals surface area contributed by atoms with Crippen molar-refractivity contribution in [3.63, 3.8) is 0 Å². The fourth-order valence-corrected chi connectivity index (χ4v) is 5.07. The minimum atomic E-state index is -0.0701. The van der Waals surface area contributed by atoms with Crippen LogP contribution in [0.1, 0.15) is 53.8 Å². The van der Waals surface area contributed by atoms with Crippen molar-refractivity contribution in [3.8, 4) is 0 Å². The predicted octanol–water partition coefficient (Wildman–Crippen LogP) is 2.89. The summed E-state index contributed by atoms with van der Waals surface area (Å²) in [6.07, 6.45) is 7.63. The van der Waals surface area contributed by atoms with Crippen LogP contribution in [0.25, 0.3) is 10.9 Å². The molecular weight excluding hydrogens is 402 g/mol. The molecule has 0 bridgehead atoms. The molecule has 32 heavy (non-hydrogen) atoms. The van der Waals surface area contributed by atoms with E-state index in [2.05, 4.69) is 20.3 Å². The number of carbonyl (C=O) groups is 1. The van der Waals surface area contributed by atoms with Crippen LogP contribution >= 0.6 is 0 Å². The van der Waals surface area contributed by atoms with Crippen molar-refractivity contribution >= 4 is 16.8 Å². The van der Waals surface area contributed by atoms with Gasteiger partial charge in [0.15, 0.2) is 0 Å². The number of para-hydroxylation sites is 1. The van der Waals surface area contributed by atoms with Crippen LogP contribution in [0.4, 0.5) is 0 Å². The highest BCUT2D eigenvalue weighted by molar-refractivity contribution is 5.97. The maximum absolute atomic E-state index is 12.7. The number of aromatic nitrogens is 3. The largest absolute Gasteiger partial charge is 0.351 e. The molecule has 0 saturated carbocycles. The average molecular weight is 434 g/mol. The van der Waals surface area contributed by atoms with E-state index in [1.807, 2.05) is 30.3 Å². The topological polar surface area (TPSA) is 83.0 Å². The fourth-order valence-electron chi connectivity index (χ4n) is 5.07. The molecule has 2 N–H and O–H groups in total. The van der Waals surface area contributed by atoms with E-state index in [-0.39, 0.29) is 17.5 Å². The Kier molecular flexibility index (Phi) is 6.08. The molecule has 1 aliphatic carbocycles. The van der Waals surface area contributed by atoms with Gasteiger partial charge in [0.2, 0.25) is 0 Å². The number of aromatic amines is 1. The van der Waals surface area contributed by atoms with Crippen molar-refractivity contribution in [2.75, 3.05) is 19.6 Å². The van der Waals surface area contributed by atoms with E-state index in [0.29, 0.717) is 18.8 Å². The monoisotopic (exact) mass is 433 g/mol. The van der Waals surface area contributed by atoms with Crippen LogP contribution in [0.3, 0.4) is 0 Å². The molecule has 168 valence electrons.